The second-order valence-corrected chi connectivity index (χ2v) is 4.77. The van der Waals surface area contributed by atoms with Gasteiger partial charge in [-0.2, -0.15) is 0 Å². The first-order chi connectivity index (χ1) is 8.61. The summed E-state index contributed by atoms with van der Waals surface area (Å²) < 4.78 is 0. The van der Waals surface area contributed by atoms with E-state index < -0.39 is 0 Å². The number of rotatable bonds is 7. The molecule has 0 saturated heterocycles. The van der Waals surface area contributed by atoms with Crippen molar-refractivity contribution in [2.75, 3.05) is 11.9 Å². The van der Waals surface area contributed by atoms with Gasteiger partial charge in [0.15, 0.2) is 0 Å². The SMILES string of the molecule is CCCNC(C)CCc1ccc(NC(C)=O)cc1. The van der Waals surface area contributed by atoms with Crippen LogP contribution in [0.2, 0.25) is 0 Å². The molecule has 0 radical (unpaired) electrons. The first kappa shape index (κ1) is 14.7. The smallest absolute Gasteiger partial charge is 0.221 e. The molecule has 1 atom stereocenters. The lowest BCUT2D eigenvalue weighted by atomic mass is 10.1. The molecule has 1 aromatic rings. The van der Waals surface area contributed by atoms with Crippen molar-refractivity contribution in [2.45, 2.75) is 46.1 Å². The van der Waals surface area contributed by atoms with Gasteiger partial charge in [-0.15, -0.1) is 0 Å². The second kappa shape index (κ2) is 7.88. The molecule has 18 heavy (non-hydrogen) atoms. The monoisotopic (exact) mass is 248 g/mol. The molecule has 100 valence electrons. The van der Waals surface area contributed by atoms with E-state index in [0.29, 0.717) is 6.04 Å². The number of carbonyl (C=O) groups is 1. The van der Waals surface area contributed by atoms with Crippen LogP contribution in [0.5, 0.6) is 0 Å². The van der Waals surface area contributed by atoms with Gasteiger partial charge < -0.3 is 10.6 Å². The molecule has 1 unspecified atom stereocenters. The molecule has 0 aromatic heterocycles. The van der Waals surface area contributed by atoms with Gasteiger partial charge in [0.25, 0.3) is 0 Å². The molecule has 3 nitrogen and oxygen atoms in total. The van der Waals surface area contributed by atoms with Crippen LogP contribution in [0.4, 0.5) is 5.69 Å². The van der Waals surface area contributed by atoms with Gasteiger partial charge in [0, 0.05) is 18.7 Å². The fraction of sp³-hybridized carbons (Fsp3) is 0.533. The van der Waals surface area contributed by atoms with Crippen LogP contribution in [-0.2, 0) is 11.2 Å². The summed E-state index contributed by atoms with van der Waals surface area (Å²) in [5.41, 5.74) is 2.18. The van der Waals surface area contributed by atoms with Gasteiger partial charge in [-0.05, 0) is 50.4 Å². The molecule has 0 heterocycles. The quantitative estimate of drug-likeness (QED) is 0.779. The molecular formula is C15H24N2O. The second-order valence-electron chi connectivity index (χ2n) is 4.77. The number of benzene rings is 1. The van der Waals surface area contributed by atoms with E-state index in [9.17, 15) is 4.79 Å². The highest BCUT2D eigenvalue weighted by Gasteiger charge is 2.02. The fourth-order valence-corrected chi connectivity index (χ4v) is 1.83. The number of anilines is 1. The predicted octanol–water partition coefficient (Wildman–Crippen LogP) is 2.97. The van der Waals surface area contributed by atoms with Crippen LogP contribution in [0, 0.1) is 0 Å². The Kier molecular flexibility index (Phi) is 6.44. The molecule has 3 heteroatoms. The zero-order valence-corrected chi connectivity index (χ0v) is 11.6. The third kappa shape index (κ3) is 5.82. The maximum atomic E-state index is 10.9. The van der Waals surface area contributed by atoms with Gasteiger partial charge in [-0.1, -0.05) is 19.1 Å². The van der Waals surface area contributed by atoms with Gasteiger partial charge >= 0.3 is 0 Å². The Hall–Kier alpha value is -1.35. The normalized spacial score (nSPS) is 12.2. The molecule has 0 aliphatic rings. The van der Waals surface area contributed by atoms with E-state index in [-0.39, 0.29) is 5.91 Å². The van der Waals surface area contributed by atoms with Crippen molar-refractivity contribution in [3.8, 4) is 0 Å². The number of hydrogen-bond acceptors (Lipinski definition) is 2. The maximum absolute atomic E-state index is 10.9. The van der Waals surface area contributed by atoms with Gasteiger partial charge in [0.1, 0.15) is 0 Å². The third-order valence-corrected chi connectivity index (χ3v) is 2.88. The number of hydrogen-bond donors (Lipinski definition) is 2. The van der Waals surface area contributed by atoms with Crippen LogP contribution in [-0.4, -0.2) is 18.5 Å². The zero-order valence-electron chi connectivity index (χ0n) is 11.6. The van der Waals surface area contributed by atoms with Crippen molar-refractivity contribution in [1.29, 1.82) is 0 Å². The lowest BCUT2D eigenvalue weighted by Gasteiger charge is -2.13. The van der Waals surface area contributed by atoms with Crippen LogP contribution in [0.15, 0.2) is 24.3 Å². The van der Waals surface area contributed by atoms with E-state index >= 15 is 0 Å². The number of carbonyl (C=O) groups excluding carboxylic acids is 1. The minimum atomic E-state index is -0.0277. The molecule has 1 amide bonds. The molecule has 0 aliphatic heterocycles. The van der Waals surface area contributed by atoms with Crippen LogP contribution < -0.4 is 10.6 Å². The summed E-state index contributed by atoms with van der Waals surface area (Å²) >= 11 is 0. The first-order valence-corrected chi connectivity index (χ1v) is 6.71. The molecular weight excluding hydrogens is 224 g/mol. The fourth-order valence-electron chi connectivity index (χ4n) is 1.83. The molecule has 0 saturated carbocycles. The standard InChI is InChI=1S/C15H24N2O/c1-4-11-16-12(2)5-6-14-7-9-15(10-8-14)17-13(3)18/h7-10,12,16H,4-6,11H2,1-3H3,(H,17,18). The average Bonchev–Trinajstić information content (AvgIpc) is 2.35. The van der Waals surface area contributed by atoms with Crippen molar-refractivity contribution >= 4 is 11.6 Å². The summed E-state index contributed by atoms with van der Waals surface area (Å²) in [5, 5.41) is 6.26. The first-order valence-electron chi connectivity index (χ1n) is 6.71. The molecule has 0 aliphatic carbocycles. The van der Waals surface area contributed by atoms with Gasteiger partial charge in [0.2, 0.25) is 5.91 Å². The molecule has 1 rings (SSSR count). The number of nitrogens with one attached hydrogen (secondary N) is 2. The highest BCUT2D eigenvalue weighted by atomic mass is 16.1. The van der Waals surface area contributed by atoms with Gasteiger partial charge in [-0.25, -0.2) is 0 Å². The number of amides is 1. The van der Waals surface area contributed by atoms with Crippen molar-refractivity contribution in [3.05, 3.63) is 29.8 Å². The summed E-state index contributed by atoms with van der Waals surface area (Å²) in [4.78, 5) is 10.9. The Labute approximate surface area is 110 Å². The highest BCUT2D eigenvalue weighted by Crippen LogP contribution is 2.11. The summed E-state index contributed by atoms with van der Waals surface area (Å²) in [6.07, 6.45) is 3.38. The highest BCUT2D eigenvalue weighted by molar-refractivity contribution is 5.88. The van der Waals surface area contributed by atoms with E-state index in [1.54, 1.807) is 0 Å². The van der Waals surface area contributed by atoms with E-state index in [1.807, 2.05) is 12.1 Å². The molecule has 1 aromatic carbocycles. The zero-order chi connectivity index (χ0) is 13.4. The lowest BCUT2D eigenvalue weighted by Crippen LogP contribution is -2.27. The van der Waals surface area contributed by atoms with Crippen LogP contribution in [0.1, 0.15) is 39.2 Å². The van der Waals surface area contributed by atoms with Crippen molar-refractivity contribution in [1.82, 2.24) is 5.32 Å². The Bertz CT molecular complexity index is 359. The topological polar surface area (TPSA) is 41.1 Å². The average molecular weight is 248 g/mol. The summed E-state index contributed by atoms with van der Waals surface area (Å²) in [6, 6.07) is 8.64. The van der Waals surface area contributed by atoms with Crippen molar-refractivity contribution in [2.24, 2.45) is 0 Å². The van der Waals surface area contributed by atoms with E-state index in [1.165, 1.54) is 18.9 Å². The minimum absolute atomic E-state index is 0.0277. The predicted molar refractivity (Wildman–Crippen MR) is 76.8 cm³/mol. The minimum Gasteiger partial charge on any atom is -0.326 e. The Morgan fingerprint density at radius 2 is 1.94 bits per heavy atom. The molecule has 0 fully saturated rings. The van der Waals surface area contributed by atoms with Crippen molar-refractivity contribution < 1.29 is 4.79 Å². The Morgan fingerprint density at radius 3 is 2.50 bits per heavy atom. The summed E-state index contributed by atoms with van der Waals surface area (Å²) in [6.45, 7) is 7.01. The molecule has 0 spiro atoms. The maximum Gasteiger partial charge on any atom is 0.221 e. The molecule has 2 N–H and O–H groups in total. The van der Waals surface area contributed by atoms with E-state index in [0.717, 1.165) is 25.1 Å². The molecule has 0 bridgehead atoms. The van der Waals surface area contributed by atoms with Crippen molar-refractivity contribution in [3.63, 3.8) is 0 Å². The number of aryl methyl sites for hydroxylation is 1. The lowest BCUT2D eigenvalue weighted by molar-refractivity contribution is -0.114. The largest absolute Gasteiger partial charge is 0.326 e. The van der Waals surface area contributed by atoms with Crippen LogP contribution in [0.3, 0.4) is 0 Å². The summed E-state index contributed by atoms with van der Waals surface area (Å²) in [5.74, 6) is -0.0277. The van der Waals surface area contributed by atoms with E-state index in [2.05, 4.69) is 36.6 Å². The van der Waals surface area contributed by atoms with Gasteiger partial charge in [0.05, 0.1) is 0 Å². The van der Waals surface area contributed by atoms with E-state index in [4.69, 9.17) is 0 Å². The summed E-state index contributed by atoms with van der Waals surface area (Å²) in [7, 11) is 0. The Morgan fingerprint density at radius 1 is 1.28 bits per heavy atom. The Balaban J connectivity index is 2.36. The third-order valence-electron chi connectivity index (χ3n) is 2.88. The van der Waals surface area contributed by atoms with Gasteiger partial charge in [-0.3, -0.25) is 4.79 Å². The van der Waals surface area contributed by atoms with Crippen LogP contribution >= 0.6 is 0 Å². The van der Waals surface area contributed by atoms with Crippen LogP contribution in [0.25, 0.3) is 0 Å².